The van der Waals surface area contributed by atoms with Crippen molar-refractivity contribution < 1.29 is 14.3 Å². The van der Waals surface area contributed by atoms with Gasteiger partial charge in [0.15, 0.2) is 0 Å². The largest absolute Gasteiger partial charge is 0.393 e. The Hall–Kier alpha value is -1.22. The van der Waals surface area contributed by atoms with Gasteiger partial charge in [0, 0.05) is 12.3 Å². The van der Waals surface area contributed by atoms with Crippen molar-refractivity contribution in [3.8, 4) is 0 Å². The molecule has 0 saturated heterocycles. The number of hydrogen-bond acceptors (Lipinski definition) is 2. The van der Waals surface area contributed by atoms with E-state index in [4.69, 9.17) is 0 Å². The zero-order valence-electron chi connectivity index (χ0n) is 19.3. The number of fused-ring (bicyclic) bond motifs is 5. The lowest BCUT2D eigenvalue weighted by atomic mass is 9.44. The second-order valence-corrected chi connectivity index (χ2v) is 11.9. The van der Waals surface area contributed by atoms with Gasteiger partial charge in [0.2, 0.25) is 0 Å². The normalized spacial score (nSPS) is 44.3. The van der Waals surface area contributed by atoms with Crippen LogP contribution in [0.4, 0.5) is 4.39 Å². The molecule has 4 fully saturated rings. The van der Waals surface area contributed by atoms with Crippen LogP contribution in [0.1, 0.15) is 83.6 Å². The molecule has 4 saturated carbocycles. The Bertz CT molecular complexity index is 819. The van der Waals surface area contributed by atoms with Gasteiger partial charge in [-0.05, 0) is 116 Å². The molecule has 1 N–H and O–H groups in total. The van der Waals surface area contributed by atoms with Gasteiger partial charge in [-0.3, -0.25) is 4.79 Å². The number of aliphatic hydroxyl groups excluding tert-OH is 1. The van der Waals surface area contributed by atoms with Gasteiger partial charge < -0.3 is 5.11 Å². The molecule has 0 aliphatic heterocycles. The second kappa shape index (κ2) is 7.97. The number of Topliss-reactive ketones (excluding diaryl/α,β-unsaturated/α-hetero) is 1. The van der Waals surface area contributed by atoms with E-state index in [0.717, 1.165) is 43.1 Å². The Kier molecular flexibility index (Phi) is 5.56. The third-order valence-corrected chi connectivity index (χ3v) is 10.6. The van der Waals surface area contributed by atoms with Crippen molar-refractivity contribution in [3.05, 3.63) is 35.6 Å². The molecule has 0 heterocycles. The number of hydrogen-bond donors (Lipinski definition) is 1. The molecule has 8 atom stereocenters. The number of halogens is 1. The lowest BCUT2D eigenvalue weighted by Crippen LogP contribution is -2.54. The Morgan fingerprint density at radius 2 is 1.68 bits per heavy atom. The van der Waals surface area contributed by atoms with Crippen LogP contribution < -0.4 is 0 Å². The van der Waals surface area contributed by atoms with E-state index in [1.54, 1.807) is 0 Å². The van der Waals surface area contributed by atoms with Gasteiger partial charge in [-0.25, -0.2) is 4.39 Å². The summed E-state index contributed by atoms with van der Waals surface area (Å²) in [5.41, 5.74) is 1.62. The smallest absolute Gasteiger partial charge is 0.136 e. The molecule has 0 aromatic heterocycles. The minimum Gasteiger partial charge on any atom is -0.393 e. The van der Waals surface area contributed by atoms with Gasteiger partial charge >= 0.3 is 0 Å². The topological polar surface area (TPSA) is 37.3 Å². The van der Waals surface area contributed by atoms with Crippen molar-refractivity contribution in [2.75, 3.05) is 0 Å². The highest BCUT2D eigenvalue weighted by Gasteiger charge is 2.60. The minimum absolute atomic E-state index is 0.0851. The predicted octanol–water partition coefficient (Wildman–Crippen LogP) is 6.35. The fourth-order valence-corrected chi connectivity index (χ4v) is 8.86. The molecule has 3 heteroatoms. The van der Waals surface area contributed by atoms with Crippen molar-refractivity contribution >= 4 is 5.78 Å². The van der Waals surface area contributed by atoms with Crippen molar-refractivity contribution in [3.63, 3.8) is 0 Å². The molecule has 1 aromatic rings. The molecule has 31 heavy (non-hydrogen) atoms. The summed E-state index contributed by atoms with van der Waals surface area (Å²) in [6.45, 7) is 4.96. The quantitative estimate of drug-likeness (QED) is 0.609. The predicted molar refractivity (Wildman–Crippen MR) is 121 cm³/mol. The van der Waals surface area contributed by atoms with Gasteiger partial charge in [0.05, 0.1) is 6.10 Å². The number of benzene rings is 1. The summed E-state index contributed by atoms with van der Waals surface area (Å²) in [7, 11) is 0. The van der Waals surface area contributed by atoms with Gasteiger partial charge in [0.25, 0.3) is 0 Å². The molecule has 170 valence electrons. The molecule has 1 unspecified atom stereocenters. The number of ketones is 1. The Morgan fingerprint density at radius 1 is 0.968 bits per heavy atom. The van der Waals surface area contributed by atoms with Crippen LogP contribution >= 0.6 is 0 Å². The van der Waals surface area contributed by atoms with Crippen LogP contribution in [0.2, 0.25) is 0 Å². The van der Waals surface area contributed by atoms with Crippen LogP contribution in [0.15, 0.2) is 24.3 Å². The molecular weight excluding hydrogens is 387 g/mol. The van der Waals surface area contributed by atoms with Crippen LogP contribution in [0.3, 0.4) is 0 Å². The van der Waals surface area contributed by atoms with E-state index in [-0.39, 0.29) is 23.3 Å². The van der Waals surface area contributed by atoms with Crippen molar-refractivity contribution in [1.82, 2.24) is 0 Å². The van der Waals surface area contributed by atoms with Crippen LogP contribution in [0.25, 0.3) is 0 Å². The summed E-state index contributed by atoms with van der Waals surface area (Å²) in [6, 6.07) is 6.62. The zero-order chi connectivity index (χ0) is 21.8. The zero-order valence-corrected chi connectivity index (χ0v) is 19.3. The summed E-state index contributed by atoms with van der Waals surface area (Å²) < 4.78 is 13.2. The summed E-state index contributed by atoms with van der Waals surface area (Å²) in [4.78, 5) is 13.3. The summed E-state index contributed by atoms with van der Waals surface area (Å²) in [5, 5.41) is 10.2. The average Bonchev–Trinajstić information content (AvgIpc) is 3.11. The van der Waals surface area contributed by atoms with Crippen LogP contribution in [-0.4, -0.2) is 17.0 Å². The lowest BCUT2D eigenvalue weighted by molar-refractivity contribution is -0.139. The van der Waals surface area contributed by atoms with E-state index >= 15 is 0 Å². The molecule has 0 spiro atoms. The number of carbonyl (C=O) groups excluding carboxylic acids is 1. The first kappa shape index (κ1) is 21.6. The van der Waals surface area contributed by atoms with E-state index in [0.29, 0.717) is 29.5 Å². The van der Waals surface area contributed by atoms with Crippen molar-refractivity contribution in [2.45, 2.75) is 90.6 Å². The standard InChI is InChI=1S/C28H39FO2/c1-27-15-13-21(30)17-19(27)6-9-22-23-10-11-25(28(23,2)16-14-24(22)27)26(31)12-5-18-3-7-20(29)8-4-18/h3-4,7-8,19,21-25,30H,5-6,9-17H2,1-2H3/t19-,21?,22-,23-,24-,25+,27-,28-/m0/s1. The van der Waals surface area contributed by atoms with Crippen LogP contribution in [0, 0.1) is 46.2 Å². The van der Waals surface area contributed by atoms with Crippen LogP contribution in [0.5, 0.6) is 0 Å². The monoisotopic (exact) mass is 426 g/mol. The van der Waals surface area contributed by atoms with E-state index in [9.17, 15) is 14.3 Å². The maximum atomic E-state index is 13.3. The maximum absolute atomic E-state index is 13.3. The molecule has 4 aliphatic carbocycles. The highest BCUT2D eigenvalue weighted by molar-refractivity contribution is 5.82. The fourth-order valence-electron chi connectivity index (χ4n) is 8.86. The Labute approximate surface area is 187 Å². The van der Waals surface area contributed by atoms with Gasteiger partial charge in [-0.2, -0.15) is 0 Å². The van der Waals surface area contributed by atoms with Crippen LogP contribution in [-0.2, 0) is 11.2 Å². The summed E-state index contributed by atoms with van der Waals surface area (Å²) in [6.07, 6.45) is 11.7. The van der Waals surface area contributed by atoms with E-state index < -0.39 is 0 Å². The molecule has 1 aromatic carbocycles. The molecular formula is C28H39FO2. The Balaban J connectivity index is 1.28. The molecule has 5 rings (SSSR count). The molecule has 0 bridgehead atoms. The first-order chi connectivity index (χ1) is 14.8. The summed E-state index contributed by atoms with van der Waals surface area (Å²) >= 11 is 0. The third-order valence-electron chi connectivity index (χ3n) is 10.6. The summed E-state index contributed by atoms with van der Waals surface area (Å²) in [5.74, 6) is 3.36. The first-order valence-electron chi connectivity index (χ1n) is 12.8. The fraction of sp³-hybridized carbons (Fsp3) is 0.750. The molecule has 0 radical (unpaired) electrons. The molecule has 0 amide bonds. The molecule has 2 nitrogen and oxygen atoms in total. The Morgan fingerprint density at radius 3 is 2.45 bits per heavy atom. The van der Waals surface area contributed by atoms with Gasteiger partial charge in [-0.15, -0.1) is 0 Å². The second-order valence-electron chi connectivity index (χ2n) is 11.9. The highest BCUT2D eigenvalue weighted by atomic mass is 19.1. The maximum Gasteiger partial charge on any atom is 0.136 e. The number of aryl methyl sites for hydroxylation is 1. The van der Waals surface area contributed by atoms with Gasteiger partial charge in [0.1, 0.15) is 11.6 Å². The van der Waals surface area contributed by atoms with Crippen molar-refractivity contribution in [2.24, 2.45) is 40.4 Å². The van der Waals surface area contributed by atoms with E-state index in [1.165, 1.54) is 50.7 Å². The number of carbonyl (C=O) groups is 1. The first-order valence-corrected chi connectivity index (χ1v) is 12.8. The van der Waals surface area contributed by atoms with E-state index in [2.05, 4.69) is 13.8 Å². The average molecular weight is 427 g/mol. The highest BCUT2D eigenvalue weighted by Crippen LogP contribution is 2.67. The van der Waals surface area contributed by atoms with Crippen molar-refractivity contribution in [1.29, 1.82) is 0 Å². The molecule has 4 aliphatic rings. The number of rotatable bonds is 4. The lowest BCUT2D eigenvalue weighted by Gasteiger charge is -2.60. The number of aliphatic hydroxyl groups is 1. The van der Waals surface area contributed by atoms with Gasteiger partial charge in [-0.1, -0.05) is 26.0 Å². The minimum atomic E-state index is -0.214. The van der Waals surface area contributed by atoms with E-state index in [1.807, 2.05) is 12.1 Å². The third kappa shape index (κ3) is 3.59. The SMILES string of the molecule is C[C@]12CCC(O)C[C@@H]1CC[C@@H]1[C@@H]2CC[C@]2(C)[C@@H](C(=O)CCc3ccc(F)cc3)CC[C@@H]12.